The van der Waals surface area contributed by atoms with Gasteiger partial charge in [-0.05, 0) is 12.1 Å². The molecular formula is C20H28N2O13. The number of nitrogens with one attached hydrogen (secondary N) is 1. The highest BCUT2D eigenvalue weighted by atomic mass is 16.7. The van der Waals surface area contributed by atoms with Crippen molar-refractivity contribution in [2.24, 2.45) is 0 Å². The zero-order valence-electron chi connectivity index (χ0n) is 18.5. The molecule has 2 heterocycles. The number of hydrogen-bond acceptors (Lipinski definition) is 13. The van der Waals surface area contributed by atoms with Crippen molar-refractivity contribution >= 4 is 11.6 Å². The lowest BCUT2D eigenvalue weighted by Crippen LogP contribution is -2.68. The van der Waals surface area contributed by atoms with Crippen molar-refractivity contribution in [3.8, 4) is 5.75 Å². The summed E-state index contributed by atoms with van der Waals surface area (Å²) < 4.78 is 22.2. The number of hydrogen-bond donors (Lipinski definition) is 7. The molecule has 2 aliphatic rings. The fourth-order valence-electron chi connectivity index (χ4n) is 3.84. The van der Waals surface area contributed by atoms with Crippen LogP contribution in [0.4, 0.5) is 5.69 Å². The Balaban J connectivity index is 1.81. The zero-order chi connectivity index (χ0) is 25.9. The first-order chi connectivity index (χ1) is 16.6. The molecule has 0 bridgehead atoms. The lowest BCUT2D eigenvalue weighted by atomic mass is 9.95. The third kappa shape index (κ3) is 6.03. The highest BCUT2D eigenvalue weighted by Crippen LogP contribution is 2.30. The second kappa shape index (κ2) is 11.5. The SMILES string of the molecule is CC(=O)N[C@H]1[C@H](Oc2ccc([N+](=O)[O-])cc2)O[C@H](CO)[C@@H](O[C@@H]2O[C@H](CO)[C@H](O)[C@H](O)[C@H]2O)[C@@H]1O. The number of nitro benzene ring substituents is 1. The maximum Gasteiger partial charge on any atom is 0.269 e. The molecule has 0 radical (unpaired) electrons. The van der Waals surface area contributed by atoms with Gasteiger partial charge in [0.25, 0.3) is 5.69 Å². The van der Waals surface area contributed by atoms with Gasteiger partial charge in [0, 0.05) is 19.1 Å². The number of aliphatic hydroxyl groups excluding tert-OH is 6. The Morgan fingerprint density at radius 1 is 0.971 bits per heavy atom. The minimum absolute atomic E-state index is 0.105. The maximum atomic E-state index is 11.8. The van der Waals surface area contributed by atoms with E-state index < -0.39 is 85.4 Å². The number of non-ortho nitro benzene ring substituents is 1. The summed E-state index contributed by atoms with van der Waals surface area (Å²) in [7, 11) is 0. The quantitative estimate of drug-likeness (QED) is 0.136. The first-order valence-corrected chi connectivity index (χ1v) is 10.7. The number of nitrogens with zero attached hydrogens (tertiary/aromatic N) is 1. The summed E-state index contributed by atoms with van der Waals surface area (Å²) in [6.45, 7) is -0.259. The van der Waals surface area contributed by atoms with E-state index in [0.717, 1.165) is 0 Å². The fraction of sp³-hybridized carbons (Fsp3) is 0.650. The van der Waals surface area contributed by atoms with E-state index in [4.69, 9.17) is 18.9 Å². The average Bonchev–Trinajstić information content (AvgIpc) is 2.83. The number of carbonyl (C=O) groups is 1. The molecule has 1 aromatic rings. The average molecular weight is 504 g/mol. The predicted octanol–water partition coefficient (Wildman–Crippen LogP) is -3.26. The fourth-order valence-corrected chi connectivity index (χ4v) is 3.84. The van der Waals surface area contributed by atoms with E-state index in [-0.39, 0.29) is 11.4 Å². The minimum Gasteiger partial charge on any atom is -0.463 e. The Morgan fingerprint density at radius 2 is 1.57 bits per heavy atom. The lowest BCUT2D eigenvalue weighted by Gasteiger charge is -2.47. The van der Waals surface area contributed by atoms with Gasteiger partial charge in [-0.2, -0.15) is 0 Å². The van der Waals surface area contributed by atoms with Gasteiger partial charge < -0.3 is 54.9 Å². The van der Waals surface area contributed by atoms with Crippen molar-refractivity contribution in [2.45, 2.75) is 68.3 Å². The van der Waals surface area contributed by atoms with Crippen molar-refractivity contribution in [3.63, 3.8) is 0 Å². The van der Waals surface area contributed by atoms with Gasteiger partial charge in [-0.1, -0.05) is 0 Å². The van der Waals surface area contributed by atoms with Crippen LogP contribution < -0.4 is 10.1 Å². The Morgan fingerprint density at radius 3 is 2.11 bits per heavy atom. The highest BCUT2D eigenvalue weighted by molar-refractivity contribution is 5.73. The summed E-state index contributed by atoms with van der Waals surface area (Å²) >= 11 is 0. The van der Waals surface area contributed by atoms with Crippen LogP contribution in [0.5, 0.6) is 5.75 Å². The molecule has 15 nitrogen and oxygen atoms in total. The van der Waals surface area contributed by atoms with E-state index >= 15 is 0 Å². The highest BCUT2D eigenvalue weighted by Gasteiger charge is 2.51. The van der Waals surface area contributed by atoms with E-state index in [0.29, 0.717) is 0 Å². The molecule has 0 spiro atoms. The number of ether oxygens (including phenoxy) is 4. The summed E-state index contributed by atoms with van der Waals surface area (Å²) in [5.74, 6) is -0.475. The molecule has 2 aliphatic heterocycles. The van der Waals surface area contributed by atoms with Gasteiger partial charge >= 0.3 is 0 Å². The summed E-state index contributed by atoms with van der Waals surface area (Å²) in [6.07, 6.45) is -13.8. The van der Waals surface area contributed by atoms with Crippen LogP contribution >= 0.6 is 0 Å². The maximum absolute atomic E-state index is 11.8. The summed E-state index contributed by atoms with van der Waals surface area (Å²) in [5.41, 5.74) is -0.193. The lowest BCUT2D eigenvalue weighted by molar-refractivity contribution is -0.384. The number of rotatable bonds is 8. The minimum atomic E-state index is -1.78. The van der Waals surface area contributed by atoms with Crippen LogP contribution in [0, 0.1) is 10.1 Å². The number of aliphatic hydroxyl groups is 6. The van der Waals surface area contributed by atoms with Gasteiger partial charge in [0.15, 0.2) is 6.29 Å². The topological polar surface area (TPSA) is 231 Å². The second-order valence-electron chi connectivity index (χ2n) is 8.11. The van der Waals surface area contributed by atoms with E-state index in [1.54, 1.807) is 0 Å². The molecule has 35 heavy (non-hydrogen) atoms. The Hall–Kier alpha value is -2.47. The van der Waals surface area contributed by atoms with Crippen LogP contribution in [0.1, 0.15) is 6.92 Å². The standard InChI is InChI=1S/C20H28N2O13/c1-8(25)21-13-15(27)18(35-20-17(29)16(28)14(26)11(6-23)33-20)12(7-24)34-19(13)32-10-4-2-9(3-5-10)22(30)31/h2-5,11-20,23-24,26-29H,6-7H2,1H3,(H,21,25)/t11-,12-,13-,14+,15-,16+,17-,18-,19-,20+/m1/s1. The Bertz CT molecular complexity index is 869. The van der Waals surface area contributed by atoms with Gasteiger partial charge in [-0.3, -0.25) is 14.9 Å². The Labute approximate surface area is 198 Å². The molecule has 196 valence electrons. The zero-order valence-corrected chi connectivity index (χ0v) is 18.5. The van der Waals surface area contributed by atoms with Crippen molar-refractivity contribution < 1.29 is 59.3 Å². The van der Waals surface area contributed by atoms with Crippen LogP contribution in [0.2, 0.25) is 0 Å². The molecule has 0 aromatic heterocycles. The summed E-state index contributed by atoms with van der Waals surface area (Å²) in [5, 5.41) is 73.7. The summed E-state index contributed by atoms with van der Waals surface area (Å²) in [4.78, 5) is 22.0. The van der Waals surface area contributed by atoms with E-state index in [9.17, 15) is 45.5 Å². The Kier molecular flexibility index (Phi) is 8.92. The molecule has 0 saturated carbocycles. The molecule has 1 aromatic carbocycles. The summed E-state index contributed by atoms with van der Waals surface area (Å²) in [6, 6.07) is 3.64. The number of amides is 1. The van der Waals surface area contributed by atoms with Crippen LogP contribution in [0.3, 0.4) is 0 Å². The third-order valence-corrected chi connectivity index (χ3v) is 5.66. The number of carbonyl (C=O) groups excluding carboxylic acids is 1. The van der Waals surface area contributed by atoms with E-state index in [1.807, 2.05) is 0 Å². The molecular weight excluding hydrogens is 476 g/mol. The molecule has 1 amide bonds. The second-order valence-corrected chi connectivity index (χ2v) is 8.11. The molecule has 0 unspecified atom stereocenters. The van der Waals surface area contributed by atoms with Crippen LogP contribution in [-0.4, -0.2) is 116 Å². The number of benzene rings is 1. The van der Waals surface area contributed by atoms with Gasteiger partial charge in [-0.25, -0.2) is 0 Å². The van der Waals surface area contributed by atoms with Gasteiger partial charge in [0.1, 0.15) is 54.5 Å². The van der Waals surface area contributed by atoms with Gasteiger partial charge in [0.05, 0.1) is 18.1 Å². The molecule has 2 fully saturated rings. The third-order valence-electron chi connectivity index (χ3n) is 5.66. The smallest absolute Gasteiger partial charge is 0.269 e. The van der Waals surface area contributed by atoms with Crippen LogP contribution in [0.15, 0.2) is 24.3 Å². The molecule has 15 heteroatoms. The first kappa shape index (κ1) is 27.1. The molecule has 0 aliphatic carbocycles. The normalized spacial score (nSPS) is 37.5. The van der Waals surface area contributed by atoms with Crippen molar-refractivity contribution in [1.82, 2.24) is 5.32 Å². The first-order valence-electron chi connectivity index (χ1n) is 10.7. The van der Waals surface area contributed by atoms with Crippen LogP contribution in [-0.2, 0) is 19.0 Å². The van der Waals surface area contributed by atoms with Gasteiger partial charge in [0.2, 0.25) is 12.2 Å². The number of nitro groups is 1. The monoisotopic (exact) mass is 504 g/mol. The van der Waals surface area contributed by atoms with Crippen molar-refractivity contribution in [2.75, 3.05) is 13.2 Å². The van der Waals surface area contributed by atoms with Crippen LogP contribution in [0.25, 0.3) is 0 Å². The largest absolute Gasteiger partial charge is 0.463 e. The predicted molar refractivity (Wildman–Crippen MR) is 112 cm³/mol. The van der Waals surface area contributed by atoms with E-state index in [1.165, 1.54) is 31.2 Å². The molecule has 10 atom stereocenters. The van der Waals surface area contributed by atoms with E-state index in [2.05, 4.69) is 5.32 Å². The van der Waals surface area contributed by atoms with Crippen molar-refractivity contribution in [1.29, 1.82) is 0 Å². The molecule has 3 rings (SSSR count). The molecule has 7 N–H and O–H groups in total. The molecule has 2 saturated heterocycles. The van der Waals surface area contributed by atoms with Crippen molar-refractivity contribution in [3.05, 3.63) is 34.4 Å². The van der Waals surface area contributed by atoms with Gasteiger partial charge in [-0.15, -0.1) is 0 Å².